The summed E-state index contributed by atoms with van der Waals surface area (Å²) in [4.78, 5) is 0. The van der Waals surface area contributed by atoms with Crippen molar-refractivity contribution in [2.75, 3.05) is 6.61 Å². The zero-order valence-electron chi connectivity index (χ0n) is 5.18. The molecule has 1 fully saturated rings. The minimum absolute atomic E-state index is 0. The average Bonchev–Trinajstić information content (AvgIpc) is 1.84. The second-order valence-electron chi connectivity index (χ2n) is 2.13. The van der Waals surface area contributed by atoms with Gasteiger partial charge in [0.1, 0.15) is 0 Å². The van der Waals surface area contributed by atoms with Gasteiger partial charge in [0.2, 0.25) is 0 Å². The van der Waals surface area contributed by atoms with E-state index in [4.69, 9.17) is 9.84 Å². The Balaban J connectivity index is 0.000000490. The summed E-state index contributed by atoms with van der Waals surface area (Å²) in [5, 5.41) is 8.97. The molecule has 0 aromatic heterocycles. The van der Waals surface area contributed by atoms with Gasteiger partial charge in [-0.3, -0.25) is 0 Å². The molecule has 0 radical (unpaired) electrons. The summed E-state index contributed by atoms with van der Waals surface area (Å²) >= 11 is 0. The van der Waals surface area contributed by atoms with Gasteiger partial charge in [-0.1, -0.05) is 0 Å². The Hall–Kier alpha value is -0.120. The van der Waals surface area contributed by atoms with Crippen LogP contribution in [0, 0.1) is 0 Å². The summed E-state index contributed by atoms with van der Waals surface area (Å²) in [5.41, 5.74) is 0. The highest BCUT2D eigenvalue weighted by Gasteiger charge is 2.25. The van der Waals surface area contributed by atoms with Gasteiger partial charge in [-0.25, -0.2) is 0 Å². The van der Waals surface area contributed by atoms with Gasteiger partial charge < -0.3 is 16.0 Å². The SMILES string of the molecule is CC1(O)CCCO1.N. The van der Waals surface area contributed by atoms with Crippen LogP contribution in [0.3, 0.4) is 0 Å². The van der Waals surface area contributed by atoms with Gasteiger partial charge in [0, 0.05) is 6.42 Å². The summed E-state index contributed by atoms with van der Waals surface area (Å²) in [7, 11) is 0. The van der Waals surface area contributed by atoms with Crippen LogP contribution in [0.4, 0.5) is 0 Å². The van der Waals surface area contributed by atoms with Crippen LogP contribution in [0.15, 0.2) is 0 Å². The molecular formula is C5H13NO2. The van der Waals surface area contributed by atoms with E-state index in [0.29, 0.717) is 6.61 Å². The zero-order chi connectivity index (χ0) is 5.33. The first-order valence-electron chi connectivity index (χ1n) is 2.57. The van der Waals surface area contributed by atoms with Crippen molar-refractivity contribution in [1.82, 2.24) is 6.15 Å². The van der Waals surface area contributed by atoms with Crippen molar-refractivity contribution in [3.63, 3.8) is 0 Å². The predicted octanol–water partition coefficient (Wildman–Crippen LogP) is 0.667. The molecule has 0 aromatic rings. The molecule has 0 saturated carbocycles. The summed E-state index contributed by atoms with van der Waals surface area (Å²) in [5.74, 6) is -0.806. The van der Waals surface area contributed by atoms with Gasteiger partial charge in [0.05, 0.1) is 6.61 Å². The van der Waals surface area contributed by atoms with Crippen molar-refractivity contribution in [3.8, 4) is 0 Å². The second-order valence-corrected chi connectivity index (χ2v) is 2.13. The van der Waals surface area contributed by atoms with E-state index >= 15 is 0 Å². The summed E-state index contributed by atoms with van der Waals surface area (Å²) in [6, 6.07) is 0. The maximum Gasteiger partial charge on any atom is 0.162 e. The fourth-order valence-electron chi connectivity index (χ4n) is 0.764. The second kappa shape index (κ2) is 2.44. The Morgan fingerprint density at radius 3 is 2.38 bits per heavy atom. The normalized spacial score (nSPS) is 36.8. The Morgan fingerprint density at radius 1 is 1.62 bits per heavy atom. The van der Waals surface area contributed by atoms with E-state index in [1.165, 1.54) is 0 Å². The average molecular weight is 119 g/mol. The fraction of sp³-hybridized carbons (Fsp3) is 1.00. The third-order valence-corrected chi connectivity index (χ3v) is 1.20. The van der Waals surface area contributed by atoms with Crippen LogP contribution < -0.4 is 6.15 Å². The number of rotatable bonds is 0. The Morgan fingerprint density at radius 2 is 2.25 bits per heavy atom. The maximum atomic E-state index is 8.97. The molecule has 1 atom stereocenters. The molecule has 1 unspecified atom stereocenters. The highest BCUT2D eigenvalue weighted by molar-refractivity contribution is 4.65. The van der Waals surface area contributed by atoms with Crippen LogP contribution in [0.5, 0.6) is 0 Å². The molecule has 1 aliphatic heterocycles. The Kier molecular flexibility index (Phi) is 2.40. The van der Waals surface area contributed by atoms with Crippen LogP contribution in [0.25, 0.3) is 0 Å². The standard InChI is InChI=1S/C5H10O2.H3N/c1-5(6)3-2-4-7-5;/h6H,2-4H2,1H3;1H3. The largest absolute Gasteiger partial charge is 0.366 e. The van der Waals surface area contributed by atoms with Crippen LogP contribution in [0.2, 0.25) is 0 Å². The van der Waals surface area contributed by atoms with E-state index < -0.39 is 5.79 Å². The first kappa shape index (κ1) is 7.88. The molecule has 0 aromatic carbocycles. The highest BCUT2D eigenvalue weighted by atomic mass is 16.6. The Labute approximate surface area is 49.2 Å². The van der Waals surface area contributed by atoms with Crippen molar-refractivity contribution >= 4 is 0 Å². The van der Waals surface area contributed by atoms with Gasteiger partial charge >= 0.3 is 0 Å². The molecule has 1 saturated heterocycles. The van der Waals surface area contributed by atoms with E-state index in [1.807, 2.05) is 0 Å². The van der Waals surface area contributed by atoms with Crippen LogP contribution >= 0.6 is 0 Å². The zero-order valence-corrected chi connectivity index (χ0v) is 5.18. The quantitative estimate of drug-likeness (QED) is 0.492. The van der Waals surface area contributed by atoms with E-state index in [0.717, 1.165) is 12.8 Å². The van der Waals surface area contributed by atoms with Crippen molar-refractivity contribution in [2.24, 2.45) is 0 Å². The summed E-state index contributed by atoms with van der Waals surface area (Å²) < 4.78 is 4.90. The lowest BCUT2D eigenvalue weighted by atomic mass is 10.2. The van der Waals surface area contributed by atoms with Crippen molar-refractivity contribution in [3.05, 3.63) is 0 Å². The van der Waals surface area contributed by atoms with Crippen LogP contribution in [0.1, 0.15) is 19.8 Å². The van der Waals surface area contributed by atoms with Crippen LogP contribution in [-0.2, 0) is 4.74 Å². The molecule has 4 N–H and O–H groups in total. The van der Waals surface area contributed by atoms with Crippen molar-refractivity contribution in [1.29, 1.82) is 0 Å². The number of ether oxygens (including phenoxy) is 1. The van der Waals surface area contributed by atoms with E-state index in [1.54, 1.807) is 6.92 Å². The summed E-state index contributed by atoms with van der Waals surface area (Å²) in [6.45, 7) is 2.41. The first-order chi connectivity index (χ1) is 3.21. The lowest BCUT2D eigenvalue weighted by Gasteiger charge is -2.12. The van der Waals surface area contributed by atoms with Gasteiger partial charge in [0.15, 0.2) is 5.79 Å². The molecule has 3 heteroatoms. The molecule has 1 heterocycles. The van der Waals surface area contributed by atoms with Crippen LogP contribution in [-0.4, -0.2) is 17.5 Å². The van der Waals surface area contributed by atoms with Gasteiger partial charge in [-0.15, -0.1) is 0 Å². The van der Waals surface area contributed by atoms with E-state index in [2.05, 4.69) is 0 Å². The summed E-state index contributed by atoms with van der Waals surface area (Å²) in [6.07, 6.45) is 1.78. The molecule has 8 heavy (non-hydrogen) atoms. The van der Waals surface area contributed by atoms with Gasteiger partial charge in [-0.05, 0) is 13.3 Å². The smallest absolute Gasteiger partial charge is 0.162 e. The fourth-order valence-corrected chi connectivity index (χ4v) is 0.764. The molecule has 0 spiro atoms. The maximum absolute atomic E-state index is 8.97. The Bertz CT molecular complexity index is 64.8. The van der Waals surface area contributed by atoms with Gasteiger partial charge in [-0.2, -0.15) is 0 Å². The topological polar surface area (TPSA) is 64.5 Å². The monoisotopic (exact) mass is 119 g/mol. The molecule has 50 valence electrons. The predicted molar refractivity (Wildman–Crippen MR) is 30.8 cm³/mol. The molecule has 1 rings (SSSR count). The lowest BCUT2D eigenvalue weighted by Crippen LogP contribution is -2.20. The highest BCUT2D eigenvalue weighted by Crippen LogP contribution is 2.20. The number of aliphatic hydroxyl groups is 1. The third kappa shape index (κ3) is 1.78. The van der Waals surface area contributed by atoms with Crippen molar-refractivity contribution < 1.29 is 9.84 Å². The number of hydrogen-bond donors (Lipinski definition) is 2. The lowest BCUT2D eigenvalue weighted by molar-refractivity contribution is -0.155. The molecule has 1 aliphatic rings. The molecule has 0 bridgehead atoms. The first-order valence-corrected chi connectivity index (χ1v) is 2.57. The third-order valence-electron chi connectivity index (χ3n) is 1.20. The van der Waals surface area contributed by atoms with E-state index in [-0.39, 0.29) is 6.15 Å². The van der Waals surface area contributed by atoms with Gasteiger partial charge in [0.25, 0.3) is 0 Å². The van der Waals surface area contributed by atoms with Crippen molar-refractivity contribution in [2.45, 2.75) is 25.6 Å². The number of hydrogen-bond acceptors (Lipinski definition) is 3. The molecular weight excluding hydrogens is 106 g/mol. The molecule has 3 nitrogen and oxygen atoms in total. The molecule has 0 amide bonds. The molecule has 0 aliphatic carbocycles. The minimum Gasteiger partial charge on any atom is -0.366 e. The van der Waals surface area contributed by atoms with E-state index in [9.17, 15) is 0 Å². The minimum atomic E-state index is -0.806.